The van der Waals surface area contributed by atoms with Crippen LogP contribution in [0.2, 0.25) is 0 Å². The summed E-state index contributed by atoms with van der Waals surface area (Å²) in [6.45, 7) is 2.75. The Labute approximate surface area is 262 Å². The van der Waals surface area contributed by atoms with Crippen molar-refractivity contribution in [3.63, 3.8) is 0 Å². The molecular weight excluding hydrogens is 627 g/mol. The van der Waals surface area contributed by atoms with Crippen molar-refractivity contribution in [2.75, 3.05) is 26.2 Å². The molecule has 3 N–H and O–H groups in total. The molecule has 3 aliphatic rings. The minimum Gasteiger partial charge on any atom is -0.346 e. The average Bonchev–Trinajstić information content (AvgIpc) is 3.61. The summed E-state index contributed by atoms with van der Waals surface area (Å²) in [5.41, 5.74) is -3.38. The molecule has 5 heterocycles. The van der Waals surface area contributed by atoms with E-state index in [0.717, 1.165) is 29.0 Å². The van der Waals surface area contributed by atoms with E-state index in [1.165, 1.54) is 24.0 Å². The van der Waals surface area contributed by atoms with Crippen molar-refractivity contribution >= 4 is 53.4 Å². The lowest BCUT2D eigenvalue weighted by atomic mass is 9.92. The molecule has 3 atom stereocenters. The number of likely N-dealkylation sites (tertiary alicyclic amines) is 1. The number of alkyl halides is 2. The molecule has 3 saturated heterocycles. The van der Waals surface area contributed by atoms with Crippen LogP contribution in [0.5, 0.6) is 0 Å². The Bertz CT molecular complexity index is 1640. The van der Waals surface area contributed by atoms with Gasteiger partial charge < -0.3 is 29.8 Å². The number of nitrogens with one attached hydrogen (secondary N) is 1. The molecule has 3 fully saturated rings. The Morgan fingerprint density at radius 1 is 1.07 bits per heavy atom. The monoisotopic (exact) mass is 659 g/mol. The van der Waals surface area contributed by atoms with E-state index < -0.39 is 43.5 Å². The van der Waals surface area contributed by atoms with Gasteiger partial charge in [-0.3, -0.25) is 24.2 Å². The summed E-state index contributed by atoms with van der Waals surface area (Å²) in [5, 5.41) is 3.05. The van der Waals surface area contributed by atoms with Crippen molar-refractivity contribution in [3.8, 4) is 0 Å². The van der Waals surface area contributed by atoms with Gasteiger partial charge in [-0.1, -0.05) is 12.1 Å². The third-order valence-electron chi connectivity index (χ3n) is 8.91. The average molecular weight is 660 g/mol. The number of fused-ring (bicyclic) bond motifs is 2. The first kappa shape index (κ1) is 31.4. The Kier molecular flexibility index (Phi) is 8.59. The number of amides is 4. The summed E-state index contributed by atoms with van der Waals surface area (Å²) in [4.78, 5) is 81.1. The molecule has 0 spiro atoms. The molecule has 15 heteroatoms. The lowest BCUT2D eigenvalue weighted by Gasteiger charge is -2.43. The normalized spacial score (nSPS) is 22.7. The van der Waals surface area contributed by atoms with Crippen molar-refractivity contribution in [2.24, 2.45) is 0 Å². The highest BCUT2D eigenvalue weighted by Gasteiger charge is 2.48. The molecule has 0 radical (unpaired) electrons. The zero-order chi connectivity index (χ0) is 32.0. The molecule has 0 saturated carbocycles. The third kappa shape index (κ3) is 6.04. The van der Waals surface area contributed by atoms with Crippen LogP contribution in [-0.2, 0) is 20.0 Å². The van der Waals surface area contributed by atoms with E-state index in [1.54, 1.807) is 22.2 Å². The van der Waals surface area contributed by atoms with Gasteiger partial charge in [-0.25, -0.2) is 0 Å². The highest BCUT2D eigenvalue weighted by molar-refractivity contribution is 7.46. The first-order valence-electron chi connectivity index (χ1n) is 14.6. The number of hydrogen-bond donors (Lipinski definition) is 3. The Balaban J connectivity index is 1.21. The number of aromatic nitrogens is 1. The van der Waals surface area contributed by atoms with Crippen molar-refractivity contribution < 1.29 is 37.7 Å². The summed E-state index contributed by atoms with van der Waals surface area (Å²) >= 11 is 1.03. The summed E-state index contributed by atoms with van der Waals surface area (Å²) in [6.07, 6.45) is 5.09. The topological polar surface area (TPSA) is 143 Å². The maximum Gasteiger partial charge on any atom is 0.339 e. The zero-order valence-corrected chi connectivity index (χ0v) is 26.0. The quantitative estimate of drug-likeness (QED) is 0.346. The summed E-state index contributed by atoms with van der Waals surface area (Å²) in [5.74, 6) is -1.27. The fraction of sp³-hybridized carbons (Fsp3) is 0.433. The van der Waals surface area contributed by atoms with Crippen molar-refractivity contribution in [2.45, 2.75) is 55.9 Å². The van der Waals surface area contributed by atoms with E-state index in [1.807, 2.05) is 12.1 Å². The second kappa shape index (κ2) is 12.3. The largest absolute Gasteiger partial charge is 0.346 e. The maximum atomic E-state index is 14.2. The van der Waals surface area contributed by atoms with Crippen molar-refractivity contribution in [3.05, 3.63) is 64.8 Å². The molecule has 0 aliphatic carbocycles. The minimum absolute atomic E-state index is 0.0748. The van der Waals surface area contributed by atoms with E-state index in [2.05, 4.69) is 10.3 Å². The second-order valence-corrected chi connectivity index (χ2v) is 13.9. The van der Waals surface area contributed by atoms with Gasteiger partial charge in [-0.2, -0.15) is 8.78 Å². The molecule has 3 aromatic rings. The molecule has 1 aromatic carbocycles. The molecule has 238 valence electrons. The first-order chi connectivity index (χ1) is 21.4. The van der Waals surface area contributed by atoms with Crippen LogP contribution in [0.1, 0.15) is 52.9 Å². The van der Waals surface area contributed by atoms with Crippen molar-refractivity contribution in [1.29, 1.82) is 0 Å². The number of thiophene rings is 1. The highest BCUT2D eigenvalue weighted by atomic mass is 32.1. The van der Waals surface area contributed by atoms with E-state index in [9.17, 15) is 28.0 Å². The maximum absolute atomic E-state index is 14.2. The van der Waals surface area contributed by atoms with Gasteiger partial charge >= 0.3 is 5.66 Å². The molecule has 3 aliphatic heterocycles. The van der Waals surface area contributed by atoms with Gasteiger partial charge in [0.1, 0.15) is 12.1 Å². The van der Waals surface area contributed by atoms with Gasteiger partial charge in [0, 0.05) is 67.7 Å². The van der Waals surface area contributed by atoms with Crippen LogP contribution in [-0.4, -0.2) is 97.4 Å². The molecular formula is C30H32F2N5O6PS. The predicted molar refractivity (Wildman–Crippen MR) is 162 cm³/mol. The first-order valence-corrected chi connectivity index (χ1v) is 16.7. The molecule has 0 unspecified atom stereocenters. The van der Waals surface area contributed by atoms with Gasteiger partial charge in [0.25, 0.3) is 5.91 Å². The van der Waals surface area contributed by atoms with Crippen molar-refractivity contribution in [1.82, 2.24) is 25.0 Å². The van der Waals surface area contributed by atoms with Gasteiger partial charge in [-0.05, 0) is 54.5 Å². The van der Waals surface area contributed by atoms with Crippen LogP contribution in [0.25, 0.3) is 10.1 Å². The number of carbonyl (C=O) groups is 4. The molecule has 45 heavy (non-hydrogen) atoms. The van der Waals surface area contributed by atoms with E-state index in [-0.39, 0.29) is 35.2 Å². The van der Waals surface area contributed by atoms with Gasteiger partial charge in [-0.15, -0.1) is 11.3 Å². The molecule has 2 aromatic heterocycles. The minimum atomic E-state index is -3.84. The number of rotatable bonds is 6. The van der Waals surface area contributed by atoms with Crippen LogP contribution in [0, 0.1) is 0 Å². The lowest BCUT2D eigenvalue weighted by molar-refractivity contribution is -0.151. The zero-order valence-electron chi connectivity index (χ0n) is 24.3. The second-order valence-electron chi connectivity index (χ2n) is 11.7. The molecule has 4 amide bonds. The highest BCUT2D eigenvalue weighted by Crippen LogP contribution is 2.53. The molecule has 6 rings (SSSR count). The van der Waals surface area contributed by atoms with Gasteiger partial charge in [0.15, 0.2) is 0 Å². The number of carbonyl (C=O) groups excluding carboxylic acids is 4. The molecule has 11 nitrogen and oxygen atoms in total. The Morgan fingerprint density at radius 2 is 1.84 bits per heavy atom. The SMILES string of the molecule is CC(=O)N1CC[C@H]2CC[C@@H](C(=O)N3CC(c4cccnc4)C3)N2C(=O)[C@@H](NC(=O)c2cc3cc(C(F)(F)P(O)O)ccc3s2)C1. The van der Waals surface area contributed by atoms with E-state index in [0.29, 0.717) is 49.0 Å². The van der Waals surface area contributed by atoms with Gasteiger partial charge in [0.2, 0.25) is 26.1 Å². The standard InChI is InChI=1S/C30H32F2N5O6PS/c1-17(38)35-10-8-22-5-6-24(29(41)36-14-20(15-36)18-3-2-9-33-13-18)37(22)28(40)23(16-35)34-27(39)26-12-19-11-21(4-7-25(19)45-26)30(31,32)44(42)43/h2-4,7,9,11-13,20,22-24,42-43H,5-6,8,10,14-16H2,1H3,(H,34,39)/t22-,23+,24+/m1/s1. The fourth-order valence-electron chi connectivity index (χ4n) is 6.40. The lowest BCUT2D eigenvalue weighted by Crippen LogP contribution is -2.62. The van der Waals surface area contributed by atoms with Crippen LogP contribution in [0.4, 0.5) is 8.78 Å². The number of benzene rings is 1. The predicted octanol–water partition coefficient (Wildman–Crippen LogP) is 2.98. The Morgan fingerprint density at radius 3 is 2.53 bits per heavy atom. The smallest absolute Gasteiger partial charge is 0.339 e. The van der Waals surface area contributed by atoms with Crippen LogP contribution in [0.15, 0.2) is 48.8 Å². The third-order valence-corrected chi connectivity index (χ3v) is 10.8. The fourth-order valence-corrected chi connectivity index (χ4v) is 7.71. The van der Waals surface area contributed by atoms with Crippen LogP contribution >= 0.6 is 19.7 Å². The van der Waals surface area contributed by atoms with Gasteiger partial charge in [0.05, 0.1) is 4.88 Å². The summed E-state index contributed by atoms with van der Waals surface area (Å²) < 4.78 is 28.9. The number of halogens is 2. The summed E-state index contributed by atoms with van der Waals surface area (Å²) in [7, 11) is -3.55. The molecule has 0 bridgehead atoms. The van der Waals surface area contributed by atoms with Crippen LogP contribution < -0.4 is 5.32 Å². The number of hydrogen-bond acceptors (Lipinski definition) is 8. The summed E-state index contributed by atoms with van der Waals surface area (Å²) in [6, 6.07) is 6.71. The number of nitrogens with zero attached hydrogens (tertiary/aromatic N) is 4. The number of pyridine rings is 1. The van der Waals surface area contributed by atoms with E-state index >= 15 is 0 Å². The van der Waals surface area contributed by atoms with Crippen LogP contribution in [0.3, 0.4) is 0 Å². The Hall–Kier alpha value is -3.58. The van der Waals surface area contributed by atoms with E-state index in [4.69, 9.17) is 9.79 Å².